The molecule has 0 aliphatic heterocycles. The zero-order valence-electron chi connectivity index (χ0n) is 13.3. The van der Waals surface area contributed by atoms with Crippen molar-refractivity contribution in [2.24, 2.45) is 17.8 Å². The van der Waals surface area contributed by atoms with E-state index in [1.165, 1.54) is 19.3 Å². The fourth-order valence-corrected chi connectivity index (χ4v) is 3.48. The topological polar surface area (TPSA) is 21.3 Å². The van der Waals surface area contributed by atoms with Gasteiger partial charge in [-0.05, 0) is 50.5 Å². The lowest BCUT2D eigenvalue weighted by Crippen LogP contribution is -2.55. The molecule has 0 aromatic heterocycles. The Balaban J connectivity index is 2.78. The van der Waals surface area contributed by atoms with Crippen LogP contribution in [0.25, 0.3) is 0 Å². The van der Waals surface area contributed by atoms with E-state index in [0.29, 0.717) is 6.04 Å². The molecular formula is C16H33NO. The van der Waals surface area contributed by atoms with E-state index in [4.69, 9.17) is 4.74 Å². The molecule has 0 amide bonds. The predicted octanol–water partition coefficient (Wildman–Crippen LogP) is 3.85. The zero-order chi connectivity index (χ0) is 13.8. The van der Waals surface area contributed by atoms with Crippen LogP contribution in [0.15, 0.2) is 0 Å². The number of nitrogens with one attached hydrogen (secondary N) is 1. The van der Waals surface area contributed by atoms with Gasteiger partial charge < -0.3 is 10.1 Å². The first-order valence-corrected chi connectivity index (χ1v) is 7.77. The molecule has 0 heterocycles. The molecule has 1 saturated carbocycles. The number of ether oxygens (including phenoxy) is 1. The second kappa shape index (κ2) is 6.91. The molecule has 0 saturated heterocycles. The first-order valence-electron chi connectivity index (χ1n) is 7.77. The van der Waals surface area contributed by atoms with Crippen molar-refractivity contribution in [1.29, 1.82) is 0 Å². The number of methoxy groups -OCH3 is 1. The van der Waals surface area contributed by atoms with E-state index in [-0.39, 0.29) is 5.60 Å². The Morgan fingerprint density at radius 2 is 1.89 bits per heavy atom. The summed E-state index contributed by atoms with van der Waals surface area (Å²) in [7, 11) is 1.86. The minimum Gasteiger partial charge on any atom is -0.377 e. The van der Waals surface area contributed by atoms with Crippen LogP contribution in [0, 0.1) is 17.8 Å². The predicted molar refractivity (Wildman–Crippen MR) is 78.8 cm³/mol. The van der Waals surface area contributed by atoms with Crippen LogP contribution in [0.2, 0.25) is 0 Å². The third-order valence-electron chi connectivity index (χ3n) is 5.36. The molecule has 0 bridgehead atoms. The molecule has 1 N–H and O–H groups in total. The Kier molecular flexibility index (Phi) is 6.13. The number of hydrogen-bond donors (Lipinski definition) is 1. The highest BCUT2D eigenvalue weighted by Crippen LogP contribution is 2.39. The standard InChI is InChI=1S/C16H33NO/c1-7-16(5,18-6)15(17-8-2)14-10-9-12(3)13(4)11-14/h12-15,17H,7-11H2,1-6H3. The average molecular weight is 255 g/mol. The second-order valence-electron chi connectivity index (χ2n) is 6.43. The monoisotopic (exact) mass is 255 g/mol. The van der Waals surface area contributed by atoms with Crippen LogP contribution in [0.5, 0.6) is 0 Å². The van der Waals surface area contributed by atoms with Crippen LogP contribution in [0.4, 0.5) is 0 Å². The summed E-state index contributed by atoms with van der Waals surface area (Å²) in [4.78, 5) is 0. The van der Waals surface area contributed by atoms with Gasteiger partial charge in [0, 0.05) is 13.2 Å². The SMILES string of the molecule is CCNC(C1CCC(C)C(C)C1)C(C)(CC)OC. The molecule has 5 unspecified atom stereocenters. The summed E-state index contributed by atoms with van der Waals surface area (Å²) >= 11 is 0. The van der Waals surface area contributed by atoms with Crippen molar-refractivity contribution < 1.29 is 4.74 Å². The van der Waals surface area contributed by atoms with Gasteiger partial charge in [0.2, 0.25) is 0 Å². The van der Waals surface area contributed by atoms with Gasteiger partial charge in [0.1, 0.15) is 0 Å². The van der Waals surface area contributed by atoms with Crippen LogP contribution in [0.1, 0.15) is 60.3 Å². The van der Waals surface area contributed by atoms with Crippen molar-refractivity contribution in [2.45, 2.75) is 71.9 Å². The Hall–Kier alpha value is -0.0800. The van der Waals surface area contributed by atoms with Crippen molar-refractivity contribution in [2.75, 3.05) is 13.7 Å². The van der Waals surface area contributed by atoms with Crippen molar-refractivity contribution in [3.63, 3.8) is 0 Å². The largest absolute Gasteiger partial charge is 0.377 e. The number of likely N-dealkylation sites (N-methyl/N-ethyl adjacent to an activating group) is 1. The fourth-order valence-electron chi connectivity index (χ4n) is 3.48. The molecular weight excluding hydrogens is 222 g/mol. The summed E-state index contributed by atoms with van der Waals surface area (Å²) < 4.78 is 5.85. The molecule has 2 nitrogen and oxygen atoms in total. The van der Waals surface area contributed by atoms with Crippen molar-refractivity contribution >= 4 is 0 Å². The van der Waals surface area contributed by atoms with Gasteiger partial charge >= 0.3 is 0 Å². The molecule has 1 aliphatic rings. The maximum atomic E-state index is 5.85. The van der Waals surface area contributed by atoms with Gasteiger partial charge in [0.05, 0.1) is 5.60 Å². The molecule has 5 atom stereocenters. The molecule has 0 spiro atoms. The first-order chi connectivity index (χ1) is 8.48. The van der Waals surface area contributed by atoms with E-state index in [1.807, 2.05) is 7.11 Å². The van der Waals surface area contributed by atoms with Crippen LogP contribution in [-0.4, -0.2) is 25.3 Å². The van der Waals surface area contributed by atoms with E-state index >= 15 is 0 Å². The zero-order valence-corrected chi connectivity index (χ0v) is 13.3. The van der Waals surface area contributed by atoms with Gasteiger partial charge in [-0.2, -0.15) is 0 Å². The van der Waals surface area contributed by atoms with E-state index in [2.05, 4.69) is 39.9 Å². The van der Waals surface area contributed by atoms with Crippen molar-refractivity contribution in [3.8, 4) is 0 Å². The third kappa shape index (κ3) is 3.48. The summed E-state index contributed by atoms with van der Waals surface area (Å²) in [6, 6.07) is 0.493. The molecule has 1 aliphatic carbocycles. The maximum Gasteiger partial charge on any atom is 0.0803 e. The third-order valence-corrected chi connectivity index (χ3v) is 5.36. The average Bonchev–Trinajstić information content (AvgIpc) is 2.38. The molecule has 1 fully saturated rings. The van der Waals surface area contributed by atoms with Gasteiger partial charge in [0.15, 0.2) is 0 Å². The van der Waals surface area contributed by atoms with Gasteiger partial charge in [0.25, 0.3) is 0 Å². The highest BCUT2D eigenvalue weighted by molar-refractivity contribution is 4.95. The van der Waals surface area contributed by atoms with Gasteiger partial charge in [-0.15, -0.1) is 0 Å². The quantitative estimate of drug-likeness (QED) is 0.778. The molecule has 0 aromatic carbocycles. The van der Waals surface area contributed by atoms with Crippen molar-refractivity contribution in [3.05, 3.63) is 0 Å². The minimum atomic E-state index is -0.0268. The van der Waals surface area contributed by atoms with Gasteiger partial charge in [-0.3, -0.25) is 0 Å². The smallest absolute Gasteiger partial charge is 0.0803 e. The Labute approximate surface area is 114 Å². The normalized spacial score (nSPS) is 34.0. The van der Waals surface area contributed by atoms with Crippen LogP contribution in [0.3, 0.4) is 0 Å². The molecule has 0 radical (unpaired) electrons. The summed E-state index contributed by atoms with van der Waals surface area (Å²) in [6.07, 6.45) is 5.14. The fraction of sp³-hybridized carbons (Fsp3) is 1.00. The lowest BCUT2D eigenvalue weighted by atomic mass is 9.69. The molecule has 0 aromatic rings. The van der Waals surface area contributed by atoms with Crippen LogP contribution < -0.4 is 5.32 Å². The van der Waals surface area contributed by atoms with Gasteiger partial charge in [-0.25, -0.2) is 0 Å². The summed E-state index contributed by atoms with van der Waals surface area (Å²) in [5, 5.41) is 3.71. The summed E-state index contributed by atoms with van der Waals surface area (Å²) in [5.41, 5.74) is -0.0268. The van der Waals surface area contributed by atoms with Crippen LogP contribution in [-0.2, 0) is 4.74 Å². The molecule has 2 heteroatoms. The van der Waals surface area contributed by atoms with E-state index in [9.17, 15) is 0 Å². The molecule has 108 valence electrons. The second-order valence-corrected chi connectivity index (χ2v) is 6.43. The lowest BCUT2D eigenvalue weighted by Gasteiger charge is -2.45. The molecule has 1 rings (SSSR count). The van der Waals surface area contributed by atoms with Crippen LogP contribution >= 0.6 is 0 Å². The first kappa shape index (κ1) is 16.0. The van der Waals surface area contributed by atoms with E-state index in [0.717, 1.165) is 30.7 Å². The van der Waals surface area contributed by atoms with E-state index in [1.54, 1.807) is 0 Å². The highest BCUT2D eigenvalue weighted by atomic mass is 16.5. The van der Waals surface area contributed by atoms with Crippen molar-refractivity contribution in [1.82, 2.24) is 5.32 Å². The Morgan fingerprint density at radius 1 is 1.22 bits per heavy atom. The summed E-state index contributed by atoms with van der Waals surface area (Å²) in [5.74, 6) is 2.50. The minimum absolute atomic E-state index is 0.0268. The Bertz CT molecular complexity index is 237. The number of rotatable bonds is 6. The van der Waals surface area contributed by atoms with Gasteiger partial charge in [-0.1, -0.05) is 34.1 Å². The lowest BCUT2D eigenvalue weighted by molar-refractivity contribution is -0.0544. The van der Waals surface area contributed by atoms with E-state index < -0.39 is 0 Å². The molecule has 18 heavy (non-hydrogen) atoms. The Morgan fingerprint density at radius 3 is 2.33 bits per heavy atom. The highest BCUT2D eigenvalue weighted by Gasteiger charge is 2.40. The summed E-state index contributed by atoms with van der Waals surface area (Å²) in [6.45, 7) is 12.6. The maximum absolute atomic E-state index is 5.85. The number of hydrogen-bond acceptors (Lipinski definition) is 2.